The third-order valence-electron chi connectivity index (χ3n) is 2.38. The first-order valence-corrected chi connectivity index (χ1v) is 5.04. The first-order valence-electron chi connectivity index (χ1n) is 5.04. The van der Waals surface area contributed by atoms with E-state index in [0.717, 1.165) is 0 Å². The summed E-state index contributed by atoms with van der Waals surface area (Å²) in [5, 5.41) is 3.94. The van der Waals surface area contributed by atoms with Gasteiger partial charge in [0.15, 0.2) is 0 Å². The zero-order valence-electron chi connectivity index (χ0n) is 9.33. The average molecular weight is 245 g/mol. The topological polar surface area (TPSA) is 130 Å². The number of anilines is 1. The fourth-order valence-electron chi connectivity index (χ4n) is 1.54. The first kappa shape index (κ1) is 11.6. The van der Waals surface area contributed by atoms with Crippen molar-refractivity contribution in [2.75, 3.05) is 5.73 Å². The Morgan fingerprint density at radius 3 is 2.39 bits per heavy atom. The number of hydrogen-bond donors (Lipinski definition) is 3. The van der Waals surface area contributed by atoms with Crippen LogP contribution >= 0.6 is 0 Å². The monoisotopic (exact) mass is 245 g/mol. The number of carbonyl (C=O) groups is 2. The molecule has 0 fully saturated rings. The van der Waals surface area contributed by atoms with Gasteiger partial charge in [0.05, 0.1) is 11.3 Å². The van der Waals surface area contributed by atoms with E-state index in [2.05, 4.69) is 5.10 Å². The zero-order valence-corrected chi connectivity index (χ0v) is 9.33. The number of primary amides is 2. The van der Waals surface area contributed by atoms with Crippen LogP contribution in [0.4, 0.5) is 5.69 Å². The minimum atomic E-state index is -0.654. The molecule has 6 N–H and O–H groups in total. The van der Waals surface area contributed by atoms with E-state index in [1.54, 1.807) is 6.07 Å². The van der Waals surface area contributed by atoms with E-state index < -0.39 is 11.8 Å². The summed E-state index contributed by atoms with van der Waals surface area (Å²) in [7, 11) is 0. The molecule has 0 aliphatic rings. The molecule has 0 radical (unpaired) electrons. The molecule has 0 saturated heterocycles. The van der Waals surface area contributed by atoms with E-state index in [0.29, 0.717) is 11.4 Å². The van der Waals surface area contributed by atoms with Crippen LogP contribution in [0.25, 0.3) is 5.69 Å². The number of aromatic nitrogens is 2. The molecule has 1 heterocycles. The predicted molar refractivity (Wildman–Crippen MR) is 65.0 cm³/mol. The largest absolute Gasteiger partial charge is 0.399 e. The predicted octanol–water partition coefficient (Wildman–Crippen LogP) is -0.348. The molecule has 18 heavy (non-hydrogen) atoms. The van der Waals surface area contributed by atoms with Crippen molar-refractivity contribution >= 4 is 17.5 Å². The highest BCUT2D eigenvalue weighted by molar-refractivity contribution is 5.97. The van der Waals surface area contributed by atoms with Gasteiger partial charge in [-0.15, -0.1) is 0 Å². The molecule has 7 nitrogen and oxygen atoms in total. The lowest BCUT2D eigenvalue weighted by Crippen LogP contribution is -2.16. The van der Waals surface area contributed by atoms with Gasteiger partial charge < -0.3 is 17.2 Å². The van der Waals surface area contributed by atoms with Gasteiger partial charge in [0, 0.05) is 11.9 Å². The molecule has 0 aliphatic carbocycles. The fourth-order valence-corrected chi connectivity index (χ4v) is 1.54. The molecule has 2 amide bonds. The molecule has 0 atom stereocenters. The van der Waals surface area contributed by atoms with E-state index in [1.165, 1.54) is 29.1 Å². The fraction of sp³-hybridized carbons (Fsp3) is 0. The number of nitrogens with two attached hydrogens (primary N) is 3. The van der Waals surface area contributed by atoms with Crippen LogP contribution in [0.15, 0.2) is 30.5 Å². The molecule has 2 aromatic rings. The van der Waals surface area contributed by atoms with E-state index in [4.69, 9.17) is 17.2 Å². The highest BCUT2D eigenvalue weighted by atomic mass is 16.1. The summed E-state index contributed by atoms with van der Waals surface area (Å²) in [5.41, 5.74) is 17.2. The van der Waals surface area contributed by atoms with Crippen LogP contribution in [0.1, 0.15) is 20.8 Å². The maximum Gasteiger partial charge on any atom is 0.269 e. The number of benzene rings is 1. The van der Waals surface area contributed by atoms with Gasteiger partial charge in [-0.1, -0.05) is 0 Å². The first-order chi connectivity index (χ1) is 8.49. The third-order valence-corrected chi connectivity index (χ3v) is 2.38. The van der Waals surface area contributed by atoms with Gasteiger partial charge in [0.1, 0.15) is 5.69 Å². The molecular formula is C11H11N5O2. The van der Waals surface area contributed by atoms with E-state index in [1.807, 2.05) is 0 Å². The molecular weight excluding hydrogens is 234 g/mol. The summed E-state index contributed by atoms with van der Waals surface area (Å²) in [6.45, 7) is 0. The van der Waals surface area contributed by atoms with Crippen LogP contribution in [-0.2, 0) is 0 Å². The summed E-state index contributed by atoms with van der Waals surface area (Å²) in [5.74, 6) is -1.26. The van der Waals surface area contributed by atoms with Gasteiger partial charge in [-0.05, 0) is 24.3 Å². The van der Waals surface area contributed by atoms with Crippen molar-refractivity contribution < 1.29 is 9.59 Å². The van der Waals surface area contributed by atoms with Crippen molar-refractivity contribution in [3.8, 4) is 5.69 Å². The Labute approximate surface area is 102 Å². The molecule has 7 heteroatoms. The third kappa shape index (κ3) is 2.01. The van der Waals surface area contributed by atoms with Crippen molar-refractivity contribution in [2.45, 2.75) is 0 Å². The molecule has 0 unspecified atom stereocenters. The van der Waals surface area contributed by atoms with Gasteiger partial charge in [-0.25, -0.2) is 4.68 Å². The number of hydrogen-bond acceptors (Lipinski definition) is 4. The van der Waals surface area contributed by atoms with Crippen molar-refractivity contribution in [1.29, 1.82) is 0 Å². The lowest BCUT2D eigenvalue weighted by Gasteiger charge is -2.07. The van der Waals surface area contributed by atoms with Crippen molar-refractivity contribution in [3.63, 3.8) is 0 Å². The van der Waals surface area contributed by atoms with Gasteiger partial charge in [0.25, 0.3) is 11.8 Å². The van der Waals surface area contributed by atoms with E-state index in [-0.39, 0.29) is 11.3 Å². The Kier molecular flexibility index (Phi) is 2.72. The highest BCUT2D eigenvalue weighted by Crippen LogP contribution is 2.17. The molecule has 1 aromatic carbocycles. The molecule has 92 valence electrons. The Balaban J connectivity index is 2.57. The number of rotatable bonds is 3. The summed E-state index contributed by atoms with van der Waals surface area (Å²) in [4.78, 5) is 22.3. The Morgan fingerprint density at radius 1 is 1.11 bits per heavy atom. The molecule has 2 rings (SSSR count). The Bertz CT molecular complexity index is 632. The molecule has 1 aromatic heterocycles. The number of carbonyl (C=O) groups excluding carboxylic acids is 2. The highest BCUT2D eigenvalue weighted by Gasteiger charge is 2.12. The van der Waals surface area contributed by atoms with Crippen LogP contribution in [0, 0.1) is 0 Å². The lowest BCUT2D eigenvalue weighted by atomic mass is 10.1. The van der Waals surface area contributed by atoms with Crippen LogP contribution in [0.3, 0.4) is 0 Å². The second kappa shape index (κ2) is 4.21. The van der Waals surface area contributed by atoms with Gasteiger partial charge in [-0.3, -0.25) is 9.59 Å². The summed E-state index contributed by atoms with van der Waals surface area (Å²) >= 11 is 0. The number of amides is 2. The van der Waals surface area contributed by atoms with Gasteiger partial charge in [0.2, 0.25) is 0 Å². The zero-order chi connectivity index (χ0) is 13.3. The Hall–Kier alpha value is -2.83. The quantitative estimate of drug-likeness (QED) is 0.638. The lowest BCUT2D eigenvalue weighted by molar-refractivity contribution is 0.0990. The normalized spacial score (nSPS) is 10.2. The van der Waals surface area contributed by atoms with Crippen molar-refractivity contribution in [1.82, 2.24) is 9.78 Å². The second-order valence-electron chi connectivity index (χ2n) is 3.65. The molecule has 0 spiro atoms. The SMILES string of the molecule is NC(=O)c1ccn(-c2cc(N)ccc2C(N)=O)n1. The maximum absolute atomic E-state index is 11.3. The van der Waals surface area contributed by atoms with Crippen LogP contribution in [-0.4, -0.2) is 21.6 Å². The summed E-state index contributed by atoms with van der Waals surface area (Å²) in [6, 6.07) is 6.04. The van der Waals surface area contributed by atoms with E-state index in [9.17, 15) is 9.59 Å². The maximum atomic E-state index is 11.3. The smallest absolute Gasteiger partial charge is 0.269 e. The van der Waals surface area contributed by atoms with Crippen molar-refractivity contribution in [2.24, 2.45) is 11.5 Å². The van der Waals surface area contributed by atoms with Gasteiger partial charge >= 0.3 is 0 Å². The Morgan fingerprint density at radius 2 is 1.83 bits per heavy atom. The molecule has 0 aliphatic heterocycles. The summed E-state index contributed by atoms with van der Waals surface area (Å²) in [6.07, 6.45) is 1.50. The second-order valence-corrected chi connectivity index (χ2v) is 3.65. The minimum absolute atomic E-state index is 0.0906. The molecule has 0 bridgehead atoms. The average Bonchev–Trinajstić information content (AvgIpc) is 2.77. The van der Waals surface area contributed by atoms with Crippen molar-refractivity contribution in [3.05, 3.63) is 41.7 Å². The van der Waals surface area contributed by atoms with Crippen LogP contribution < -0.4 is 17.2 Å². The number of nitrogens with zero attached hydrogens (tertiary/aromatic N) is 2. The number of nitrogen functional groups attached to an aromatic ring is 1. The van der Waals surface area contributed by atoms with E-state index >= 15 is 0 Å². The van der Waals surface area contributed by atoms with Crippen LogP contribution in [0.5, 0.6) is 0 Å². The standard InChI is InChI=1S/C11H11N5O2/c12-6-1-2-7(10(13)17)9(5-6)16-4-3-8(15-16)11(14)18/h1-5H,12H2,(H2,13,17)(H2,14,18). The molecule has 0 saturated carbocycles. The minimum Gasteiger partial charge on any atom is -0.399 e. The van der Waals surface area contributed by atoms with Gasteiger partial charge in [-0.2, -0.15) is 5.10 Å². The van der Waals surface area contributed by atoms with Crippen LogP contribution in [0.2, 0.25) is 0 Å². The summed E-state index contributed by atoms with van der Waals surface area (Å²) < 4.78 is 1.33.